The summed E-state index contributed by atoms with van der Waals surface area (Å²) in [4.78, 5) is 40.3. The van der Waals surface area contributed by atoms with E-state index in [0.29, 0.717) is 23.4 Å². The number of urea groups is 1. The standard InChI is InChI=1S/C28H27N5O4/c1-3-5-13-37-23-11-8-20-16-32(25(34)24(20)14-23)18-28(26(35)30-27(36)31-28)22-9-6-19(7-10-22)21-15-29-33(17-21)12-4-2/h6-11,14-15,17H,4,12-13,16,18H2,1-2H3,(H2,30,31,35,36)/t28-/m0/s1. The lowest BCUT2D eigenvalue weighted by atomic mass is 9.88. The Morgan fingerprint density at radius 1 is 1.11 bits per heavy atom. The van der Waals surface area contributed by atoms with Crippen molar-refractivity contribution in [1.29, 1.82) is 0 Å². The second kappa shape index (κ2) is 9.82. The molecule has 37 heavy (non-hydrogen) atoms. The Morgan fingerprint density at radius 2 is 1.92 bits per heavy atom. The molecule has 9 nitrogen and oxygen atoms in total. The molecule has 9 heteroatoms. The molecule has 1 aromatic heterocycles. The van der Waals surface area contributed by atoms with Gasteiger partial charge in [0.05, 0.1) is 12.7 Å². The lowest BCUT2D eigenvalue weighted by molar-refractivity contribution is -0.124. The lowest BCUT2D eigenvalue weighted by Gasteiger charge is -2.31. The third-order valence-electron chi connectivity index (χ3n) is 6.61. The summed E-state index contributed by atoms with van der Waals surface area (Å²) < 4.78 is 7.49. The number of aromatic nitrogens is 2. The molecule has 0 radical (unpaired) electrons. The number of nitrogens with zero attached hydrogens (tertiary/aromatic N) is 3. The van der Waals surface area contributed by atoms with Crippen molar-refractivity contribution in [2.45, 2.75) is 38.9 Å². The Balaban J connectivity index is 1.40. The topological polar surface area (TPSA) is 106 Å². The van der Waals surface area contributed by atoms with E-state index in [0.717, 1.165) is 29.7 Å². The molecule has 3 aromatic rings. The van der Waals surface area contributed by atoms with Crippen molar-refractivity contribution >= 4 is 17.8 Å². The van der Waals surface area contributed by atoms with E-state index in [2.05, 4.69) is 34.5 Å². The van der Waals surface area contributed by atoms with Crippen LogP contribution in [0.3, 0.4) is 0 Å². The van der Waals surface area contributed by atoms with Gasteiger partial charge >= 0.3 is 6.03 Å². The number of benzene rings is 2. The van der Waals surface area contributed by atoms with E-state index < -0.39 is 17.5 Å². The predicted molar refractivity (Wildman–Crippen MR) is 136 cm³/mol. The Labute approximate surface area is 214 Å². The molecule has 3 heterocycles. The summed E-state index contributed by atoms with van der Waals surface area (Å²) >= 11 is 0. The van der Waals surface area contributed by atoms with Gasteiger partial charge in [-0.25, -0.2) is 4.79 Å². The van der Waals surface area contributed by atoms with Gasteiger partial charge in [-0.1, -0.05) is 43.2 Å². The summed E-state index contributed by atoms with van der Waals surface area (Å²) in [5.74, 6) is 5.43. The first-order chi connectivity index (χ1) is 17.9. The molecule has 2 aromatic carbocycles. The van der Waals surface area contributed by atoms with E-state index in [1.165, 1.54) is 0 Å². The van der Waals surface area contributed by atoms with Crippen LogP contribution in [-0.4, -0.2) is 45.7 Å². The summed E-state index contributed by atoms with van der Waals surface area (Å²) in [5.41, 5.74) is 2.43. The zero-order valence-electron chi connectivity index (χ0n) is 20.7. The second-order valence-corrected chi connectivity index (χ2v) is 9.08. The Morgan fingerprint density at radius 3 is 2.62 bits per heavy atom. The number of aryl methyl sites for hydroxylation is 1. The van der Waals surface area contributed by atoms with Crippen LogP contribution >= 0.6 is 0 Å². The molecule has 1 fully saturated rings. The highest BCUT2D eigenvalue weighted by molar-refractivity contribution is 6.08. The average molecular weight is 498 g/mol. The van der Waals surface area contributed by atoms with Crippen LogP contribution in [-0.2, 0) is 23.4 Å². The molecular formula is C28H27N5O4. The minimum absolute atomic E-state index is 0.0105. The summed E-state index contributed by atoms with van der Waals surface area (Å²) in [7, 11) is 0. The zero-order chi connectivity index (χ0) is 26.0. The number of hydrogen-bond donors (Lipinski definition) is 2. The van der Waals surface area contributed by atoms with E-state index in [-0.39, 0.29) is 19.1 Å². The highest BCUT2D eigenvalue weighted by Gasteiger charge is 2.50. The number of carbonyl (C=O) groups is 3. The number of rotatable bonds is 8. The molecule has 0 saturated carbocycles. The van der Waals surface area contributed by atoms with Gasteiger partial charge in [0.1, 0.15) is 12.4 Å². The van der Waals surface area contributed by atoms with Gasteiger partial charge in [-0.3, -0.25) is 19.6 Å². The second-order valence-electron chi connectivity index (χ2n) is 9.08. The van der Waals surface area contributed by atoms with Crippen molar-refractivity contribution in [3.8, 4) is 28.7 Å². The summed E-state index contributed by atoms with van der Waals surface area (Å²) in [6, 6.07) is 12.2. The first-order valence-corrected chi connectivity index (χ1v) is 12.1. The molecule has 1 atom stereocenters. The van der Waals surface area contributed by atoms with Gasteiger partial charge in [-0.15, -0.1) is 5.92 Å². The van der Waals surface area contributed by atoms with E-state index in [1.807, 2.05) is 41.2 Å². The molecular weight excluding hydrogens is 470 g/mol. The SMILES string of the molecule is CC#CCOc1ccc2c(c1)C(=O)N(C[C@@]1(c3ccc(-c4cnn(CCC)c4)cc3)NC(=O)NC1=O)C2. The van der Waals surface area contributed by atoms with Crippen LogP contribution in [0.15, 0.2) is 54.9 Å². The number of hydrogen-bond acceptors (Lipinski definition) is 5. The zero-order valence-corrected chi connectivity index (χ0v) is 20.7. The van der Waals surface area contributed by atoms with E-state index in [1.54, 1.807) is 30.2 Å². The maximum absolute atomic E-state index is 13.3. The molecule has 2 aliphatic heterocycles. The molecule has 4 amide bonds. The first kappa shape index (κ1) is 24.1. The maximum atomic E-state index is 13.3. The largest absolute Gasteiger partial charge is 0.481 e. The van der Waals surface area contributed by atoms with Crippen LogP contribution in [0.5, 0.6) is 5.75 Å². The minimum Gasteiger partial charge on any atom is -0.481 e. The van der Waals surface area contributed by atoms with Crippen molar-refractivity contribution in [3.05, 3.63) is 71.5 Å². The Bertz CT molecular complexity index is 1430. The van der Waals surface area contributed by atoms with Gasteiger partial charge in [-0.05, 0) is 42.2 Å². The maximum Gasteiger partial charge on any atom is 0.322 e. The normalized spacial score (nSPS) is 18.2. The quantitative estimate of drug-likeness (QED) is 0.368. The fraction of sp³-hybridized carbons (Fsp3) is 0.286. The number of amides is 4. The van der Waals surface area contributed by atoms with E-state index in [4.69, 9.17) is 4.74 Å². The number of carbonyl (C=O) groups excluding carboxylic acids is 3. The van der Waals surface area contributed by atoms with Crippen molar-refractivity contribution in [1.82, 2.24) is 25.3 Å². The summed E-state index contributed by atoms with van der Waals surface area (Å²) in [6.07, 6.45) is 4.76. The highest BCUT2D eigenvalue weighted by atomic mass is 16.5. The highest BCUT2D eigenvalue weighted by Crippen LogP contribution is 2.33. The molecule has 188 valence electrons. The van der Waals surface area contributed by atoms with Crippen LogP contribution in [0.25, 0.3) is 11.1 Å². The molecule has 0 spiro atoms. The first-order valence-electron chi connectivity index (χ1n) is 12.1. The predicted octanol–water partition coefficient (Wildman–Crippen LogP) is 3.05. The van der Waals surface area contributed by atoms with Crippen LogP contribution in [0.2, 0.25) is 0 Å². The van der Waals surface area contributed by atoms with Gasteiger partial charge in [-0.2, -0.15) is 5.10 Å². The Hall–Kier alpha value is -4.58. The number of ether oxygens (including phenoxy) is 1. The van der Waals surface area contributed by atoms with Gasteiger partial charge in [0.15, 0.2) is 5.54 Å². The number of imide groups is 1. The van der Waals surface area contributed by atoms with Crippen LogP contribution in [0, 0.1) is 11.8 Å². The molecule has 0 aliphatic carbocycles. The molecule has 2 N–H and O–H groups in total. The fourth-order valence-electron chi connectivity index (χ4n) is 4.74. The lowest BCUT2D eigenvalue weighted by Crippen LogP contribution is -2.52. The molecule has 0 unspecified atom stereocenters. The molecule has 1 saturated heterocycles. The fourth-order valence-corrected chi connectivity index (χ4v) is 4.74. The van der Waals surface area contributed by atoms with Gasteiger partial charge < -0.3 is 15.0 Å². The molecule has 5 rings (SSSR count). The van der Waals surface area contributed by atoms with Gasteiger partial charge in [0.25, 0.3) is 11.8 Å². The van der Waals surface area contributed by atoms with Gasteiger partial charge in [0.2, 0.25) is 0 Å². The minimum atomic E-state index is -1.41. The van der Waals surface area contributed by atoms with Crippen LogP contribution in [0.4, 0.5) is 4.79 Å². The molecule has 2 aliphatic rings. The van der Waals surface area contributed by atoms with Crippen molar-refractivity contribution in [2.24, 2.45) is 0 Å². The molecule has 0 bridgehead atoms. The summed E-state index contributed by atoms with van der Waals surface area (Å²) in [5, 5.41) is 9.51. The third kappa shape index (κ3) is 4.54. The van der Waals surface area contributed by atoms with E-state index >= 15 is 0 Å². The number of nitrogens with one attached hydrogen (secondary N) is 2. The van der Waals surface area contributed by atoms with Crippen molar-refractivity contribution in [3.63, 3.8) is 0 Å². The third-order valence-corrected chi connectivity index (χ3v) is 6.61. The number of fused-ring (bicyclic) bond motifs is 1. The Kier molecular flexibility index (Phi) is 6.40. The van der Waals surface area contributed by atoms with E-state index in [9.17, 15) is 14.4 Å². The average Bonchev–Trinajstić information content (AvgIpc) is 3.56. The van der Waals surface area contributed by atoms with Crippen molar-refractivity contribution < 1.29 is 19.1 Å². The van der Waals surface area contributed by atoms with Crippen LogP contribution < -0.4 is 15.4 Å². The van der Waals surface area contributed by atoms with Crippen LogP contribution in [0.1, 0.15) is 41.8 Å². The van der Waals surface area contributed by atoms with Gasteiger partial charge in [0, 0.05) is 30.4 Å². The summed E-state index contributed by atoms with van der Waals surface area (Å²) in [6.45, 7) is 5.20. The smallest absolute Gasteiger partial charge is 0.322 e. The van der Waals surface area contributed by atoms with Crippen molar-refractivity contribution in [2.75, 3.05) is 13.2 Å². The monoisotopic (exact) mass is 497 g/mol.